The van der Waals surface area contributed by atoms with Crippen molar-refractivity contribution >= 4 is 39.0 Å². The second-order valence-electron chi connectivity index (χ2n) is 4.85. The Bertz CT molecular complexity index is 770. The summed E-state index contributed by atoms with van der Waals surface area (Å²) in [4.78, 5) is 5.86. The van der Waals surface area contributed by atoms with Crippen LogP contribution >= 0.6 is 22.9 Å². The van der Waals surface area contributed by atoms with E-state index in [-0.39, 0.29) is 0 Å². The van der Waals surface area contributed by atoms with Gasteiger partial charge in [-0.3, -0.25) is 0 Å². The highest BCUT2D eigenvalue weighted by Crippen LogP contribution is 2.44. The number of hydrogen-bond acceptors (Lipinski definition) is 3. The summed E-state index contributed by atoms with van der Waals surface area (Å²) in [6.45, 7) is 0. The van der Waals surface area contributed by atoms with E-state index in [1.54, 1.807) is 11.3 Å². The highest BCUT2D eigenvalue weighted by atomic mass is 35.5. The Kier molecular flexibility index (Phi) is 2.37. The minimum Gasteiger partial charge on any atom is -0.391 e. The lowest BCUT2D eigenvalue weighted by Gasteiger charge is -2.06. The van der Waals surface area contributed by atoms with Crippen molar-refractivity contribution in [1.29, 1.82) is 0 Å². The number of thiophene rings is 1. The van der Waals surface area contributed by atoms with Gasteiger partial charge in [0.1, 0.15) is 0 Å². The number of nitrogens with zero attached hydrogens (tertiary/aromatic N) is 2. The van der Waals surface area contributed by atoms with Gasteiger partial charge in [0.15, 0.2) is 5.82 Å². The maximum Gasteiger partial charge on any atom is 0.151 e. The standard InChI is InChI=1S/C14H12ClN3S/c15-9-2-1-3-10-13(9)18(8-4-5-8)14(17-10)11-6-7-12(16)19-11/h1-3,6-8H,4-5,16H2. The molecule has 0 aliphatic heterocycles. The maximum absolute atomic E-state index is 6.36. The van der Waals surface area contributed by atoms with Gasteiger partial charge in [0, 0.05) is 6.04 Å². The van der Waals surface area contributed by atoms with E-state index in [4.69, 9.17) is 22.3 Å². The van der Waals surface area contributed by atoms with Crippen molar-refractivity contribution < 1.29 is 0 Å². The smallest absolute Gasteiger partial charge is 0.151 e. The summed E-state index contributed by atoms with van der Waals surface area (Å²) in [5, 5.41) is 1.59. The first kappa shape index (κ1) is 11.3. The lowest BCUT2D eigenvalue weighted by Crippen LogP contribution is -1.96. The van der Waals surface area contributed by atoms with Crippen LogP contribution in [0.3, 0.4) is 0 Å². The molecule has 3 nitrogen and oxygen atoms in total. The Morgan fingerprint density at radius 3 is 2.79 bits per heavy atom. The topological polar surface area (TPSA) is 43.8 Å². The zero-order chi connectivity index (χ0) is 13.0. The van der Waals surface area contributed by atoms with E-state index in [0.29, 0.717) is 6.04 Å². The number of nitrogen functional groups attached to an aromatic ring is 1. The molecule has 0 saturated heterocycles. The number of hydrogen-bond donors (Lipinski definition) is 1. The molecule has 0 spiro atoms. The van der Waals surface area contributed by atoms with E-state index in [2.05, 4.69) is 4.57 Å². The molecule has 1 saturated carbocycles. The van der Waals surface area contributed by atoms with Gasteiger partial charge >= 0.3 is 0 Å². The molecule has 2 heterocycles. The third-order valence-electron chi connectivity index (χ3n) is 3.42. The third kappa shape index (κ3) is 1.75. The van der Waals surface area contributed by atoms with Gasteiger partial charge in [-0.15, -0.1) is 11.3 Å². The van der Waals surface area contributed by atoms with Gasteiger partial charge in [0.05, 0.1) is 25.9 Å². The fraction of sp³-hybridized carbons (Fsp3) is 0.214. The van der Waals surface area contributed by atoms with Gasteiger partial charge < -0.3 is 10.3 Å². The van der Waals surface area contributed by atoms with E-state index in [1.165, 1.54) is 12.8 Å². The molecule has 1 fully saturated rings. The van der Waals surface area contributed by atoms with Crippen LogP contribution in [0.5, 0.6) is 0 Å². The molecule has 3 aromatic rings. The van der Waals surface area contributed by atoms with Gasteiger partial charge in [-0.25, -0.2) is 4.98 Å². The van der Waals surface area contributed by atoms with Crippen molar-refractivity contribution in [2.45, 2.75) is 18.9 Å². The molecular weight excluding hydrogens is 278 g/mol. The first-order chi connectivity index (χ1) is 9.24. The molecule has 0 bridgehead atoms. The number of benzene rings is 1. The number of halogens is 1. The van der Waals surface area contributed by atoms with Crippen molar-refractivity contribution in [2.24, 2.45) is 0 Å². The Hall–Kier alpha value is -1.52. The Morgan fingerprint density at radius 2 is 2.11 bits per heavy atom. The molecule has 2 aromatic heterocycles. The molecule has 2 N–H and O–H groups in total. The highest BCUT2D eigenvalue weighted by molar-refractivity contribution is 7.19. The van der Waals surface area contributed by atoms with Gasteiger partial charge in [0.2, 0.25) is 0 Å². The molecule has 0 atom stereocenters. The molecular formula is C14H12ClN3S. The average Bonchev–Trinajstić information content (AvgIpc) is 3.01. The van der Waals surface area contributed by atoms with Crippen LogP contribution in [0.4, 0.5) is 5.00 Å². The number of imidazole rings is 1. The molecule has 4 rings (SSSR count). The molecule has 0 radical (unpaired) electrons. The van der Waals surface area contributed by atoms with Crippen LogP contribution < -0.4 is 5.73 Å². The van der Waals surface area contributed by atoms with E-state index < -0.39 is 0 Å². The minimum absolute atomic E-state index is 0.531. The number of para-hydroxylation sites is 1. The van der Waals surface area contributed by atoms with Crippen LogP contribution in [0.2, 0.25) is 5.02 Å². The number of fused-ring (bicyclic) bond motifs is 1. The van der Waals surface area contributed by atoms with Crippen molar-refractivity contribution in [3.05, 3.63) is 35.4 Å². The van der Waals surface area contributed by atoms with Crippen LogP contribution in [-0.2, 0) is 0 Å². The number of rotatable bonds is 2. The summed E-state index contributed by atoms with van der Waals surface area (Å²) < 4.78 is 2.28. The van der Waals surface area contributed by atoms with E-state index >= 15 is 0 Å². The summed E-state index contributed by atoms with van der Waals surface area (Å²) in [6, 6.07) is 10.4. The summed E-state index contributed by atoms with van der Waals surface area (Å²) in [6.07, 6.45) is 2.40. The van der Waals surface area contributed by atoms with Crippen molar-refractivity contribution in [3.63, 3.8) is 0 Å². The Labute approximate surface area is 119 Å². The molecule has 1 aliphatic carbocycles. The van der Waals surface area contributed by atoms with Gasteiger partial charge in [0.25, 0.3) is 0 Å². The van der Waals surface area contributed by atoms with Crippen molar-refractivity contribution in [1.82, 2.24) is 9.55 Å². The van der Waals surface area contributed by atoms with Crippen LogP contribution in [0.25, 0.3) is 21.7 Å². The maximum atomic E-state index is 6.36. The first-order valence-corrected chi connectivity index (χ1v) is 7.45. The Balaban J connectivity index is 2.05. The fourth-order valence-electron chi connectivity index (χ4n) is 2.44. The average molecular weight is 290 g/mol. The monoisotopic (exact) mass is 289 g/mol. The molecule has 1 aliphatic rings. The van der Waals surface area contributed by atoms with E-state index in [1.807, 2.05) is 30.3 Å². The molecule has 1 aromatic carbocycles. The molecule has 19 heavy (non-hydrogen) atoms. The SMILES string of the molecule is Nc1ccc(-c2nc3cccc(Cl)c3n2C2CC2)s1. The lowest BCUT2D eigenvalue weighted by molar-refractivity contribution is 0.777. The molecule has 0 unspecified atom stereocenters. The predicted molar refractivity (Wildman–Crippen MR) is 80.7 cm³/mol. The third-order valence-corrected chi connectivity index (χ3v) is 4.64. The predicted octanol–water partition coefficient (Wildman–Crippen LogP) is 4.34. The zero-order valence-corrected chi connectivity index (χ0v) is 11.7. The van der Waals surface area contributed by atoms with E-state index in [9.17, 15) is 0 Å². The minimum atomic E-state index is 0.531. The normalized spacial score (nSPS) is 15.2. The number of aromatic nitrogens is 2. The summed E-state index contributed by atoms with van der Waals surface area (Å²) in [7, 11) is 0. The first-order valence-electron chi connectivity index (χ1n) is 6.26. The second-order valence-corrected chi connectivity index (χ2v) is 6.37. The zero-order valence-electron chi connectivity index (χ0n) is 10.1. The Morgan fingerprint density at radius 1 is 1.26 bits per heavy atom. The van der Waals surface area contributed by atoms with Gasteiger partial charge in [-0.1, -0.05) is 17.7 Å². The van der Waals surface area contributed by atoms with Gasteiger partial charge in [-0.05, 0) is 37.1 Å². The quantitative estimate of drug-likeness (QED) is 0.763. The van der Waals surface area contributed by atoms with Crippen LogP contribution in [-0.4, -0.2) is 9.55 Å². The summed E-state index contributed by atoms with van der Waals surface area (Å²) in [5.41, 5.74) is 7.85. The lowest BCUT2D eigenvalue weighted by atomic mass is 10.3. The summed E-state index contributed by atoms with van der Waals surface area (Å²) in [5.74, 6) is 0.993. The summed E-state index contributed by atoms with van der Waals surface area (Å²) >= 11 is 7.93. The highest BCUT2D eigenvalue weighted by Gasteiger charge is 2.29. The largest absolute Gasteiger partial charge is 0.391 e. The second kappa shape index (κ2) is 3.99. The molecule has 96 valence electrons. The number of anilines is 1. The van der Waals surface area contributed by atoms with Crippen molar-refractivity contribution in [2.75, 3.05) is 5.73 Å². The van der Waals surface area contributed by atoms with Crippen molar-refractivity contribution in [3.8, 4) is 10.7 Å². The molecule has 0 amide bonds. The van der Waals surface area contributed by atoms with Crippen LogP contribution in [0.1, 0.15) is 18.9 Å². The van der Waals surface area contributed by atoms with Gasteiger partial charge in [-0.2, -0.15) is 0 Å². The fourth-order valence-corrected chi connectivity index (χ4v) is 3.46. The van der Waals surface area contributed by atoms with E-state index in [0.717, 1.165) is 31.8 Å². The van der Waals surface area contributed by atoms with Crippen LogP contribution in [0.15, 0.2) is 30.3 Å². The van der Waals surface area contributed by atoms with Crippen LogP contribution in [0, 0.1) is 0 Å². The molecule has 5 heteroatoms. The number of nitrogens with two attached hydrogens (primary N) is 1.